The first-order valence-electron chi connectivity index (χ1n) is 17.7. The van der Waals surface area contributed by atoms with Gasteiger partial charge in [0.25, 0.3) is 0 Å². The van der Waals surface area contributed by atoms with E-state index >= 15 is 0 Å². The van der Waals surface area contributed by atoms with Crippen molar-refractivity contribution in [3.63, 3.8) is 0 Å². The molecule has 4 rings (SSSR count). The molecular formula is C39H56ClN2O4S2+. The Bertz CT molecular complexity index is 1640. The van der Waals surface area contributed by atoms with E-state index in [0.29, 0.717) is 9.93 Å². The van der Waals surface area contributed by atoms with Crippen molar-refractivity contribution in [3.8, 4) is 0 Å². The lowest BCUT2D eigenvalue weighted by atomic mass is 9.81. The maximum Gasteiger partial charge on any atom is 0.209 e. The van der Waals surface area contributed by atoms with Crippen molar-refractivity contribution >= 4 is 50.6 Å². The number of benzene rings is 2. The van der Waals surface area contributed by atoms with Crippen molar-refractivity contribution in [2.75, 3.05) is 31.4 Å². The molecule has 0 fully saturated rings. The number of unbranched alkanes of at least 4 members (excludes halogenated alkanes) is 8. The molecule has 0 aromatic heterocycles. The molecule has 0 aliphatic carbocycles. The number of sulfone groups is 1. The minimum Gasteiger partial charge on any atom is -0.344 e. The van der Waals surface area contributed by atoms with Gasteiger partial charge in [-0.1, -0.05) is 84.2 Å². The Kier molecular flexibility index (Phi) is 13.5. The maximum atomic E-state index is 12.6. The Labute approximate surface area is 299 Å². The summed E-state index contributed by atoms with van der Waals surface area (Å²) in [7, 11) is -1.83. The Hall–Kier alpha value is -2.10. The third-order valence-electron chi connectivity index (χ3n) is 9.87. The number of anilines is 1. The zero-order valence-electron chi connectivity index (χ0n) is 30.3. The molecule has 0 saturated heterocycles. The van der Waals surface area contributed by atoms with Gasteiger partial charge in [-0.05, 0) is 68.7 Å². The van der Waals surface area contributed by atoms with Crippen LogP contribution in [0.5, 0.6) is 0 Å². The van der Waals surface area contributed by atoms with Crippen LogP contribution in [0.1, 0.15) is 117 Å². The third-order valence-corrected chi connectivity index (χ3v) is 11.9. The van der Waals surface area contributed by atoms with Crippen molar-refractivity contribution in [1.82, 2.24) is 0 Å². The summed E-state index contributed by atoms with van der Waals surface area (Å²) in [6, 6.07) is 12.1. The molecule has 6 nitrogen and oxygen atoms in total. The van der Waals surface area contributed by atoms with Gasteiger partial charge in [-0.15, -0.1) is 0 Å². The van der Waals surface area contributed by atoms with E-state index in [4.69, 9.17) is 20.8 Å². The Morgan fingerprint density at radius 2 is 1.56 bits per heavy atom. The lowest BCUT2D eigenvalue weighted by Crippen LogP contribution is -2.29. The Morgan fingerprint density at radius 3 is 2.21 bits per heavy atom. The normalized spacial score (nSPS) is 17.8. The van der Waals surface area contributed by atoms with Gasteiger partial charge >= 0.3 is 0 Å². The highest BCUT2D eigenvalue weighted by Gasteiger charge is 2.45. The maximum absolute atomic E-state index is 12.6. The van der Waals surface area contributed by atoms with Gasteiger partial charge in [-0.3, -0.25) is 0 Å². The van der Waals surface area contributed by atoms with Crippen LogP contribution in [0, 0.1) is 0 Å². The van der Waals surface area contributed by atoms with E-state index < -0.39 is 15.3 Å². The van der Waals surface area contributed by atoms with E-state index in [0.717, 1.165) is 54.2 Å². The van der Waals surface area contributed by atoms with Crippen molar-refractivity contribution in [2.24, 2.45) is 0 Å². The Balaban J connectivity index is 1.77. The van der Waals surface area contributed by atoms with Gasteiger partial charge in [0.1, 0.15) is 6.54 Å². The van der Waals surface area contributed by atoms with Crippen LogP contribution < -0.4 is 4.90 Å². The summed E-state index contributed by atoms with van der Waals surface area (Å²) in [5.74, 6) is 0. The molecule has 0 radical (unpaired) electrons. The van der Waals surface area contributed by atoms with Crippen LogP contribution in [0.3, 0.4) is 0 Å². The van der Waals surface area contributed by atoms with Crippen LogP contribution in [0.2, 0.25) is 0 Å². The van der Waals surface area contributed by atoms with Gasteiger partial charge in [0, 0.05) is 63.7 Å². The predicted octanol–water partition coefficient (Wildman–Crippen LogP) is 10.8. The van der Waals surface area contributed by atoms with Gasteiger partial charge in [0.15, 0.2) is 15.5 Å². The van der Waals surface area contributed by atoms with Gasteiger partial charge in [-0.25, -0.2) is 13.3 Å². The summed E-state index contributed by atoms with van der Waals surface area (Å²) >= 11 is 8.51. The number of allylic oxidation sites excluding steroid dienone is 4. The van der Waals surface area contributed by atoms with Crippen molar-refractivity contribution < 1.29 is 22.2 Å². The van der Waals surface area contributed by atoms with Crippen LogP contribution in [-0.2, 0) is 29.9 Å². The molecule has 0 amide bonds. The molecule has 0 N–H and O–H groups in total. The van der Waals surface area contributed by atoms with E-state index in [1.54, 1.807) is 6.07 Å². The fourth-order valence-corrected chi connectivity index (χ4v) is 8.41. The number of nitrogens with zero attached hydrogens (tertiary/aromatic N) is 2. The molecule has 48 heavy (non-hydrogen) atoms. The third kappa shape index (κ3) is 8.79. The number of hydrogen-bond donors (Lipinski definition) is 0. The topological polar surface area (TPSA) is 58.9 Å². The van der Waals surface area contributed by atoms with Crippen LogP contribution in [0.15, 0.2) is 69.1 Å². The van der Waals surface area contributed by atoms with Gasteiger partial charge in [0.05, 0.1) is 29.5 Å². The average Bonchev–Trinajstić information content (AvgIpc) is 3.37. The first-order chi connectivity index (χ1) is 22.8. The smallest absolute Gasteiger partial charge is 0.209 e. The second kappa shape index (κ2) is 16.7. The standard InChI is InChI=1S/C39H56ClN2O4S2/c1-9-11-13-15-17-23-41-34-21-19-30(47-46-45-7)27-32(34)38(3,4)36(41)25-29(40)26-37-39(5,6)33-28-31(48(8,43)44)20-22-35(33)42(37)24-18-16-14-12-10-2/h19-22,25-28H,9-18,23-24H2,1-8H3/q+1. The average molecular weight is 716 g/mol. The van der Waals surface area contributed by atoms with Crippen molar-refractivity contribution in [3.05, 3.63) is 70.4 Å². The van der Waals surface area contributed by atoms with Crippen LogP contribution >= 0.6 is 23.6 Å². The molecule has 2 aliphatic heterocycles. The lowest BCUT2D eigenvalue weighted by molar-refractivity contribution is -0.438. The first-order valence-corrected chi connectivity index (χ1v) is 20.7. The summed E-state index contributed by atoms with van der Waals surface area (Å²) in [4.78, 5) is 8.56. The highest BCUT2D eigenvalue weighted by Crippen LogP contribution is 2.49. The first kappa shape index (κ1) is 38.7. The predicted molar refractivity (Wildman–Crippen MR) is 203 cm³/mol. The number of halogens is 1. The summed E-state index contributed by atoms with van der Waals surface area (Å²) in [5.41, 5.74) is 6.07. The number of hydrogen-bond acceptors (Lipinski definition) is 6. The molecule has 264 valence electrons. The molecule has 0 unspecified atom stereocenters. The fourth-order valence-electron chi connectivity index (χ4n) is 7.12. The minimum absolute atomic E-state index is 0.293. The molecule has 2 aliphatic rings. The van der Waals surface area contributed by atoms with E-state index in [1.807, 2.05) is 12.1 Å². The highest BCUT2D eigenvalue weighted by molar-refractivity contribution is 7.94. The number of fused-ring (bicyclic) bond motifs is 2. The van der Waals surface area contributed by atoms with Crippen molar-refractivity contribution in [2.45, 2.75) is 126 Å². The quantitative estimate of drug-likeness (QED) is 0.0503. The lowest BCUT2D eigenvalue weighted by Gasteiger charge is -2.27. The van der Waals surface area contributed by atoms with Crippen LogP contribution in [0.25, 0.3) is 0 Å². The molecule has 9 heteroatoms. The highest BCUT2D eigenvalue weighted by atomic mass is 35.5. The summed E-state index contributed by atoms with van der Waals surface area (Å²) < 4.78 is 32.7. The summed E-state index contributed by atoms with van der Waals surface area (Å²) in [6.07, 6.45) is 17.4. The van der Waals surface area contributed by atoms with E-state index in [-0.39, 0.29) is 5.41 Å². The summed E-state index contributed by atoms with van der Waals surface area (Å²) in [5, 5.41) is 0.661. The zero-order valence-corrected chi connectivity index (χ0v) is 32.7. The summed E-state index contributed by atoms with van der Waals surface area (Å²) in [6.45, 7) is 15.1. The number of rotatable bonds is 18. The van der Waals surface area contributed by atoms with Gasteiger partial charge in [0.2, 0.25) is 5.69 Å². The molecule has 0 spiro atoms. The van der Waals surface area contributed by atoms with Crippen LogP contribution in [-0.4, -0.2) is 45.2 Å². The van der Waals surface area contributed by atoms with Crippen molar-refractivity contribution in [1.29, 1.82) is 0 Å². The second-order valence-corrected chi connectivity index (χ2v) is 17.5. The second-order valence-electron chi connectivity index (χ2n) is 14.3. The fraction of sp³-hybridized carbons (Fsp3) is 0.564. The zero-order chi connectivity index (χ0) is 35.1. The SMILES string of the molecule is CCCCCCCN1C(=CC(Cl)=CC2=[N+](CCCCCCC)c3ccc(SOOC)cc3C2(C)C)C(C)(C)c2cc(S(C)(=O)=O)ccc21. The van der Waals surface area contributed by atoms with Crippen LogP contribution in [0.4, 0.5) is 11.4 Å². The molecule has 2 heterocycles. The molecule has 0 saturated carbocycles. The molecule has 2 aromatic carbocycles. The largest absolute Gasteiger partial charge is 0.344 e. The van der Waals surface area contributed by atoms with E-state index in [2.05, 4.69) is 81.4 Å². The molecular weight excluding hydrogens is 660 g/mol. The van der Waals surface area contributed by atoms with E-state index in [9.17, 15) is 8.42 Å². The Morgan fingerprint density at radius 1 is 0.896 bits per heavy atom. The minimum atomic E-state index is -3.34. The molecule has 0 bridgehead atoms. The monoisotopic (exact) mass is 715 g/mol. The van der Waals surface area contributed by atoms with Gasteiger partial charge in [-0.2, -0.15) is 8.91 Å². The molecule has 0 atom stereocenters. The van der Waals surface area contributed by atoms with Gasteiger partial charge < -0.3 is 4.90 Å². The van der Waals surface area contributed by atoms with E-state index in [1.165, 1.54) is 87.3 Å². The molecule has 2 aromatic rings.